The van der Waals surface area contributed by atoms with E-state index in [1.165, 1.54) is 12.8 Å². The third-order valence-corrected chi connectivity index (χ3v) is 3.93. The predicted molar refractivity (Wildman–Crippen MR) is 84.9 cm³/mol. The lowest BCUT2D eigenvalue weighted by atomic mass is 10.1. The highest BCUT2D eigenvalue weighted by atomic mass is 16.6. The summed E-state index contributed by atoms with van der Waals surface area (Å²) in [5.41, 5.74) is 0.103. The minimum atomic E-state index is -0.330. The molecule has 1 fully saturated rings. The maximum atomic E-state index is 11.3. The van der Waals surface area contributed by atoms with Crippen molar-refractivity contribution in [1.29, 1.82) is 0 Å². The molecule has 0 spiro atoms. The van der Waals surface area contributed by atoms with Crippen molar-refractivity contribution in [2.24, 2.45) is 0 Å². The molecule has 1 saturated heterocycles. The molecule has 2 heterocycles. The van der Waals surface area contributed by atoms with E-state index < -0.39 is 0 Å². The van der Waals surface area contributed by atoms with Crippen molar-refractivity contribution >= 4 is 17.3 Å². The molecule has 6 heteroatoms. The van der Waals surface area contributed by atoms with Crippen LogP contribution in [0.4, 0.5) is 17.3 Å². The van der Waals surface area contributed by atoms with Crippen LogP contribution in [-0.2, 0) is 0 Å². The lowest BCUT2D eigenvalue weighted by molar-refractivity contribution is -0.384. The standard InChI is InChI=1S/C15H24N4O2/c1-3-10-16-14-9-8-13(19(20)21)15(17-14)18-11-6-4-5-7-12(18)2/h8-9,12H,3-7,10-11H2,1-2H3,(H,16,17). The van der Waals surface area contributed by atoms with Crippen molar-refractivity contribution in [2.75, 3.05) is 23.3 Å². The van der Waals surface area contributed by atoms with E-state index in [1.54, 1.807) is 12.1 Å². The number of aromatic nitrogens is 1. The average molecular weight is 292 g/mol. The van der Waals surface area contributed by atoms with Crippen molar-refractivity contribution in [3.8, 4) is 0 Å². The molecule has 116 valence electrons. The second-order valence-corrected chi connectivity index (χ2v) is 5.61. The second kappa shape index (κ2) is 7.24. The molecule has 1 aromatic rings. The van der Waals surface area contributed by atoms with Crippen molar-refractivity contribution < 1.29 is 4.92 Å². The van der Waals surface area contributed by atoms with Crippen molar-refractivity contribution in [3.63, 3.8) is 0 Å². The Balaban J connectivity index is 2.34. The van der Waals surface area contributed by atoms with E-state index >= 15 is 0 Å². The van der Waals surface area contributed by atoms with Crippen molar-refractivity contribution in [2.45, 2.75) is 52.0 Å². The quantitative estimate of drug-likeness (QED) is 0.663. The molecule has 1 atom stereocenters. The van der Waals surface area contributed by atoms with E-state index in [1.807, 2.05) is 0 Å². The average Bonchev–Trinajstić information content (AvgIpc) is 2.69. The van der Waals surface area contributed by atoms with Gasteiger partial charge >= 0.3 is 5.69 Å². The number of nitrogens with one attached hydrogen (secondary N) is 1. The van der Waals surface area contributed by atoms with E-state index in [0.29, 0.717) is 17.7 Å². The van der Waals surface area contributed by atoms with E-state index in [-0.39, 0.29) is 10.6 Å². The number of anilines is 2. The molecule has 0 bridgehead atoms. The first-order valence-corrected chi connectivity index (χ1v) is 7.79. The Labute approximate surface area is 125 Å². The molecule has 1 aliphatic heterocycles. The van der Waals surface area contributed by atoms with Crippen LogP contribution in [0, 0.1) is 10.1 Å². The van der Waals surface area contributed by atoms with Gasteiger partial charge in [-0.15, -0.1) is 0 Å². The first kappa shape index (κ1) is 15.5. The number of hydrogen-bond acceptors (Lipinski definition) is 5. The lowest BCUT2D eigenvalue weighted by Crippen LogP contribution is -2.33. The summed E-state index contributed by atoms with van der Waals surface area (Å²) in [7, 11) is 0. The second-order valence-electron chi connectivity index (χ2n) is 5.61. The van der Waals surface area contributed by atoms with Gasteiger partial charge in [-0.3, -0.25) is 10.1 Å². The smallest absolute Gasteiger partial charge is 0.311 e. The van der Waals surface area contributed by atoms with E-state index in [4.69, 9.17) is 0 Å². The van der Waals surface area contributed by atoms with E-state index in [0.717, 1.165) is 32.4 Å². The maximum absolute atomic E-state index is 11.3. The van der Waals surface area contributed by atoms with E-state index in [2.05, 4.69) is 29.0 Å². The van der Waals surface area contributed by atoms with Gasteiger partial charge in [0, 0.05) is 25.2 Å². The van der Waals surface area contributed by atoms with Crippen LogP contribution in [0.1, 0.15) is 46.0 Å². The topological polar surface area (TPSA) is 71.3 Å². The summed E-state index contributed by atoms with van der Waals surface area (Å²) >= 11 is 0. The van der Waals surface area contributed by atoms with Gasteiger partial charge in [-0.25, -0.2) is 4.98 Å². The van der Waals surface area contributed by atoms with Crippen LogP contribution in [-0.4, -0.2) is 29.0 Å². The summed E-state index contributed by atoms with van der Waals surface area (Å²) in [5, 5.41) is 14.5. The summed E-state index contributed by atoms with van der Waals surface area (Å²) in [4.78, 5) is 17.6. The predicted octanol–water partition coefficient (Wildman–Crippen LogP) is 3.58. The third-order valence-electron chi connectivity index (χ3n) is 3.93. The van der Waals surface area contributed by atoms with E-state index in [9.17, 15) is 10.1 Å². The molecule has 0 radical (unpaired) electrons. The fraction of sp³-hybridized carbons (Fsp3) is 0.667. The molecule has 1 unspecified atom stereocenters. The zero-order valence-electron chi connectivity index (χ0n) is 12.8. The SMILES string of the molecule is CCCNc1ccc([N+](=O)[O-])c(N2CCCCCC2C)n1. The number of hydrogen-bond donors (Lipinski definition) is 1. The highest BCUT2D eigenvalue weighted by Crippen LogP contribution is 2.31. The summed E-state index contributed by atoms with van der Waals surface area (Å²) in [6, 6.07) is 3.55. The van der Waals surface area contributed by atoms with Gasteiger partial charge in [0.25, 0.3) is 0 Å². The number of rotatable bonds is 5. The molecule has 1 aromatic heterocycles. The highest BCUT2D eigenvalue weighted by molar-refractivity contribution is 5.62. The number of nitro groups is 1. The fourth-order valence-electron chi connectivity index (χ4n) is 2.74. The zero-order valence-corrected chi connectivity index (χ0v) is 12.8. The molecular weight excluding hydrogens is 268 g/mol. The minimum Gasteiger partial charge on any atom is -0.370 e. The van der Waals surface area contributed by atoms with Crippen molar-refractivity contribution in [3.05, 3.63) is 22.2 Å². The Bertz CT molecular complexity index is 493. The summed E-state index contributed by atoms with van der Waals surface area (Å²) in [6.07, 6.45) is 5.48. The van der Waals surface area contributed by atoms with Crippen LogP contribution >= 0.6 is 0 Å². The van der Waals surface area contributed by atoms with Gasteiger partial charge in [0.05, 0.1) is 4.92 Å². The Kier molecular flexibility index (Phi) is 5.36. The number of nitrogens with zero attached hydrogens (tertiary/aromatic N) is 3. The summed E-state index contributed by atoms with van der Waals surface area (Å²) in [6.45, 7) is 5.87. The number of pyridine rings is 1. The molecule has 1 aliphatic rings. The summed E-state index contributed by atoms with van der Waals surface area (Å²) in [5.74, 6) is 1.23. The summed E-state index contributed by atoms with van der Waals surface area (Å²) < 4.78 is 0. The Morgan fingerprint density at radius 2 is 2.24 bits per heavy atom. The molecule has 6 nitrogen and oxygen atoms in total. The van der Waals surface area contributed by atoms with Crippen LogP contribution in [0.2, 0.25) is 0 Å². The van der Waals surface area contributed by atoms with Gasteiger partial charge in [-0.05, 0) is 32.3 Å². The molecule has 0 saturated carbocycles. The van der Waals surface area contributed by atoms with Gasteiger partial charge in [-0.1, -0.05) is 19.8 Å². The Morgan fingerprint density at radius 1 is 1.43 bits per heavy atom. The monoisotopic (exact) mass is 292 g/mol. The van der Waals surface area contributed by atoms with Crippen LogP contribution in [0.3, 0.4) is 0 Å². The molecule has 1 N–H and O–H groups in total. The van der Waals surface area contributed by atoms with Crippen LogP contribution in [0.15, 0.2) is 12.1 Å². The third kappa shape index (κ3) is 3.83. The molecular formula is C15H24N4O2. The van der Waals surface area contributed by atoms with Crippen LogP contribution < -0.4 is 10.2 Å². The van der Waals surface area contributed by atoms with Crippen LogP contribution in [0.5, 0.6) is 0 Å². The molecule has 0 aliphatic carbocycles. The van der Waals surface area contributed by atoms with Crippen LogP contribution in [0.25, 0.3) is 0 Å². The lowest BCUT2D eigenvalue weighted by Gasteiger charge is -2.28. The Morgan fingerprint density at radius 3 is 2.95 bits per heavy atom. The van der Waals surface area contributed by atoms with Gasteiger partial charge in [0.2, 0.25) is 5.82 Å². The minimum absolute atomic E-state index is 0.103. The van der Waals surface area contributed by atoms with Gasteiger partial charge in [0.15, 0.2) is 0 Å². The normalized spacial score (nSPS) is 19.1. The molecule has 0 amide bonds. The largest absolute Gasteiger partial charge is 0.370 e. The fourth-order valence-corrected chi connectivity index (χ4v) is 2.74. The van der Waals surface area contributed by atoms with Gasteiger partial charge in [0.1, 0.15) is 5.82 Å². The molecule has 21 heavy (non-hydrogen) atoms. The first-order valence-electron chi connectivity index (χ1n) is 7.79. The highest BCUT2D eigenvalue weighted by Gasteiger charge is 2.26. The molecule has 0 aromatic carbocycles. The first-order chi connectivity index (χ1) is 10.1. The molecule has 2 rings (SSSR count). The maximum Gasteiger partial charge on any atom is 0.311 e. The Hall–Kier alpha value is -1.85. The van der Waals surface area contributed by atoms with Gasteiger partial charge in [-0.2, -0.15) is 0 Å². The van der Waals surface area contributed by atoms with Crippen molar-refractivity contribution in [1.82, 2.24) is 4.98 Å². The zero-order chi connectivity index (χ0) is 15.2. The van der Waals surface area contributed by atoms with Gasteiger partial charge < -0.3 is 10.2 Å².